The van der Waals surface area contributed by atoms with Gasteiger partial charge in [-0.05, 0) is 15.9 Å². The molecule has 0 bridgehead atoms. The molecule has 4 N–H and O–H groups in total. The zero-order chi connectivity index (χ0) is 17.2. The number of guanidine groups is 1. The number of fused-ring (bicyclic) bond motifs is 2. The first kappa shape index (κ1) is 19.7. The Kier molecular flexibility index (Phi) is 5.37. The average molecular weight is 448 g/mol. The Morgan fingerprint density at radius 2 is 2.20 bits per heavy atom. The molecule has 0 spiro atoms. The fourth-order valence-corrected chi connectivity index (χ4v) is 4.61. The van der Waals surface area contributed by atoms with Gasteiger partial charge >= 0.3 is 29.6 Å². The summed E-state index contributed by atoms with van der Waals surface area (Å²) in [5, 5.41) is 12.8. The van der Waals surface area contributed by atoms with E-state index in [1.54, 1.807) is 0 Å². The molecular weight excluding hydrogens is 436 g/mol. The summed E-state index contributed by atoms with van der Waals surface area (Å²) < 4.78 is 26.7. The molecule has 7 atom stereocenters. The molecule has 1 amide bonds. The number of hydrogen-bond acceptors (Lipinski definition) is 11. The quantitative estimate of drug-likeness (QED) is 0.201. The van der Waals surface area contributed by atoms with Gasteiger partial charge in [0.15, 0.2) is 29.1 Å². The van der Waals surface area contributed by atoms with Gasteiger partial charge in [0.2, 0.25) is 0 Å². The van der Waals surface area contributed by atoms with Gasteiger partial charge in [0.05, 0.1) is 6.61 Å². The van der Waals surface area contributed by atoms with E-state index >= 15 is 0 Å². The van der Waals surface area contributed by atoms with E-state index in [2.05, 4.69) is 35.8 Å². The molecule has 4 aliphatic heterocycles. The van der Waals surface area contributed by atoms with Crippen LogP contribution in [0.2, 0.25) is 0 Å². The van der Waals surface area contributed by atoms with Crippen molar-refractivity contribution in [3.8, 4) is 0 Å². The molecule has 2 fully saturated rings. The number of halogens is 1. The second kappa shape index (κ2) is 6.82. The number of amidine groups is 1. The third-order valence-electron chi connectivity index (χ3n) is 4.05. The molecular formula is C10H12BrN5NaO7P. The van der Waals surface area contributed by atoms with Crippen molar-refractivity contribution in [2.45, 2.75) is 36.7 Å². The summed E-state index contributed by atoms with van der Waals surface area (Å²) in [5.74, 6) is -0.530. The number of amides is 1. The van der Waals surface area contributed by atoms with E-state index in [4.69, 9.17) is 15.0 Å². The SMILES string of the molecule is NC1=NC2C(N=C(Br)N2[C@@H]2O[C@H]3COP(=O)([O-])O[C@@H]3[C@@H]2O)C(=O)N1.[Na+]. The second-order valence-electron chi connectivity index (χ2n) is 5.54. The van der Waals surface area contributed by atoms with Gasteiger partial charge in [-0.1, -0.05) is 0 Å². The summed E-state index contributed by atoms with van der Waals surface area (Å²) in [6.45, 7) is -0.276. The molecule has 25 heavy (non-hydrogen) atoms. The summed E-state index contributed by atoms with van der Waals surface area (Å²) in [4.78, 5) is 33.0. The summed E-state index contributed by atoms with van der Waals surface area (Å²) in [6, 6.07) is -0.868. The Labute approximate surface area is 171 Å². The fourth-order valence-electron chi connectivity index (χ4n) is 3.02. The monoisotopic (exact) mass is 447 g/mol. The van der Waals surface area contributed by atoms with Crippen LogP contribution in [0.3, 0.4) is 0 Å². The van der Waals surface area contributed by atoms with Crippen LogP contribution in [0.15, 0.2) is 9.98 Å². The Bertz CT molecular complexity index is 709. The predicted octanol–water partition coefficient (Wildman–Crippen LogP) is -5.83. The van der Waals surface area contributed by atoms with Crippen LogP contribution in [0.5, 0.6) is 0 Å². The van der Waals surface area contributed by atoms with Crippen LogP contribution in [-0.2, 0) is 23.1 Å². The normalized spacial score (nSPS) is 45.7. The maximum atomic E-state index is 12.0. The second-order valence-corrected chi connectivity index (χ2v) is 7.61. The van der Waals surface area contributed by atoms with Gasteiger partial charge in [-0.25, -0.2) is 9.98 Å². The van der Waals surface area contributed by atoms with Crippen molar-refractivity contribution in [1.29, 1.82) is 0 Å². The first-order chi connectivity index (χ1) is 11.3. The topological polar surface area (TPSA) is 171 Å². The Balaban J connectivity index is 0.00000182. The molecule has 12 nitrogen and oxygen atoms in total. The van der Waals surface area contributed by atoms with Crippen LogP contribution >= 0.6 is 23.8 Å². The predicted molar refractivity (Wildman–Crippen MR) is 78.6 cm³/mol. The summed E-state index contributed by atoms with van der Waals surface area (Å²) in [7, 11) is -4.48. The van der Waals surface area contributed by atoms with Crippen molar-refractivity contribution in [3.05, 3.63) is 0 Å². The molecule has 0 aromatic heterocycles. The number of nitrogens with zero attached hydrogens (tertiary/aromatic N) is 3. The Morgan fingerprint density at radius 1 is 1.48 bits per heavy atom. The maximum Gasteiger partial charge on any atom is 1.00 e. The zero-order valence-electron chi connectivity index (χ0n) is 12.8. The molecule has 2 saturated heterocycles. The van der Waals surface area contributed by atoms with Crippen molar-refractivity contribution in [2.24, 2.45) is 15.7 Å². The third-order valence-corrected chi connectivity index (χ3v) is 5.63. The van der Waals surface area contributed by atoms with Crippen LogP contribution in [0.25, 0.3) is 0 Å². The molecule has 0 saturated carbocycles. The molecule has 0 aliphatic carbocycles. The molecule has 0 aromatic carbocycles. The number of aliphatic hydroxyl groups excluding tert-OH is 1. The van der Waals surface area contributed by atoms with E-state index in [0.717, 1.165) is 0 Å². The largest absolute Gasteiger partial charge is 1.00 e. The van der Waals surface area contributed by atoms with E-state index in [1.807, 2.05) is 0 Å². The molecule has 4 aliphatic rings. The summed E-state index contributed by atoms with van der Waals surface area (Å²) >= 11 is 3.21. The number of hydrogen-bond donors (Lipinski definition) is 3. The van der Waals surface area contributed by atoms with Crippen molar-refractivity contribution >= 4 is 40.4 Å². The summed E-state index contributed by atoms with van der Waals surface area (Å²) in [6.07, 6.45) is -5.11. The number of rotatable bonds is 1. The minimum absolute atomic E-state index is 0. The van der Waals surface area contributed by atoms with Crippen LogP contribution in [-0.4, -0.2) is 70.0 Å². The molecule has 132 valence electrons. The van der Waals surface area contributed by atoms with Gasteiger partial charge in [0.25, 0.3) is 13.7 Å². The van der Waals surface area contributed by atoms with Crippen LogP contribution in [0, 0.1) is 0 Å². The van der Waals surface area contributed by atoms with E-state index in [0.29, 0.717) is 0 Å². The zero-order valence-corrected chi connectivity index (χ0v) is 17.3. The number of phosphoric ester groups is 1. The van der Waals surface area contributed by atoms with Gasteiger partial charge in [-0.15, -0.1) is 0 Å². The third kappa shape index (κ3) is 3.31. The van der Waals surface area contributed by atoms with Gasteiger partial charge in [-0.2, -0.15) is 0 Å². The number of carbonyl (C=O) groups excluding carboxylic acids is 1. The molecule has 0 radical (unpaired) electrons. The van der Waals surface area contributed by atoms with Crippen LogP contribution in [0.4, 0.5) is 0 Å². The van der Waals surface area contributed by atoms with Crippen LogP contribution in [0.1, 0.15) is 0 Å². The number of phosphoric acid groups is 1. The van der Waals surface area contributed by atoms with Crippen molar-refractivity contribution in [3.63, 3.8) is 0 Å². The minimum Gasteiger partial charge on any atom is -0.756 e. The Hall–Kier alpha value is -0.0800. The van der Waals surface area contributed by atoms with E-state index < -0.39 is 50.5 Å². The van der Waals surface area contributed by atoms with Crippen molar-refractivity contribution < 1.29 is 62.7 Å². The molecule has 3 unspecified atom stereocenters. The fraction of sp³-hybridized carbons (Fsp3) is 0.700. The number of aliphatic imine (C=N–C) groups is 2. The first-order valence-corrected chi connectivity index (χ1v) is 9.15. The van der Waals surface area contributed by atoms with Gasteiger partial charge in [0, 0.05) is 0 Å². The molecule has 0 aromatic rings. The molecule has 15 heteroatoms. The Morgan fingerprint density at radius 3 is 2.92 bits per heavy atom. The first-order valence-electron chi connectivity index (χ1n) is 6.90. The van der Waals surface area contributed by atoms with Gasteiger partial charge in [0.1, 0.15) is 18.3 Å². The maximum absolute atomic E-state index is 12.0. The van der Waals surface area contributed by atoms with Crippen LogP contribution < -0.4 is 45.5 Å². The smallest absolute Gasteiger partial charge is 0.756 e. The number of aliphatic hydroxyl groups is 1. The van der Waals surface area contributed by atoms with E-state index in [1.165, 1.54) is 4.90 Å². The van der Waals surface area contributed by atoms with E-state index in [9.17, 15) is 19.4 Å². The molecule has 4 heterocycles. The number of carbonyl (C=O) groups is 1. The number of nitrogens with two attached hydrogens (primary N) is 1. The average Bonchev–Trinajstić information content (AvgIpc) is 2.96. The number of nitrogens with one attached hydrogen (secondary N) is 1. The summed E-state index contributed by atoms with van der Waals surface area (Å²) in [5.41, 5.74) is 5.57. The minimum atomic E-state index is -4.48. The van der Waals surface area contributed by atoms with Gasteiger partial charge < -0.3 is 29.5 Å². The standard InChI is InChI=1S/C10H13BrN5O7P.Na/c11-9-13-3-6(14-10(12)15-7(3)18)16(9)8-4(17)5-2(22-8)1-21-24(19,20)23-5;/h2-6,8,17H,1H2,(H,19,20)(H3,12,14,15,18);/q;+1/p-1/t2-,3?,4-,5-,6?,8+;/m0./s1. The van der Waals surface area contributed by atoms with Crippen molar-refractivity contribution in [2.75, 3.05) is 6.61 Å². The van der Waals surface area contributed by atoms with Crippen molar-refractivity contribution in [1.82, 2.24) is 10.2 Å². The van der Waals surface area contributed by atoms with E-state index in [-0.39, 0.29) is 46.9 Å². The van der Waals surface area contributed by atoms with Gasteiger partial charge in [-0.3, -0.25) is 19.6 Å². The number of ether oxygens (including phenoxy) is 1. The molecule has 4 rings (SSSR count).